The smallest absolute Gasteiger partial charge is 0.165 e. The first kappa shape index (κ1) is 9.74. The van der Waals surface area contributed by atoms with Crippen LogP contribution in [0.15, 0.2) is 18.5 Å². The predicted molar refractivity (Wildman–Crippen MR) is 60.0 cm³/mol. The van der Waals surface area contributed by atoms with Gasteiger partial charge in [0, 0.05) is 31.0 Å². The van der Waals surface area contributed by atoms with Crippen molar-refractivity contribution in [2.24, 2.45) is 0 Å². The summed E-state index contributed by atoms with van der Waals surface area (Å²) in [6.07, 6.45) is 3.34. The molecule has 0 fully saturated rings. The Hall–Kier alpha value is -1.46. The maximum atomic E-state index is 6.10. The number of fused-ring (bicyclic) bond motifs is 1. The summed E-state index contributed by atoms with van der Waals surface area (Å²) in [5, 5.41) is 12.2. The van der Waals surface area contributed by atoms with Gasteiger partial charge in [-0.1, -0.05) is 11.6 Å². The van der Waals surface area contributed by atoms with Crippen molar-refractivity contribution in [1.29, 1.82) is 0 Å². The quantitative estimate of drug-likeness (QED) is 0.804. The minimum Gasteiger partial charge on any atom is -0.309 e. The van der Waals surface area contributed by atoms with Gasteiger partial charge in [-0.15, -0.1) is 10.2 Å². The van der Waals surface area contributed by atoms with E-state index in [0.29, 0.717) is 5.02 Å². The standard InChI is InChI=1S/C10H10ClN5/c11-8-5-12-2-1-7(8)10-15-14-9-6-13-3-4-16(9)10/h1-2,5,13H,3-4,6H2. The summed E-state index contributed by atoms with van der Waals surface area (Å²) in [5.74, 6) is 1.78. The molecule has 3 heterocycles. The summed E-state index contributed by atoms with van der Waals surface area (Å²) in [7, 11) is 0. The van der Waals surface area contributed by atoms with Crippen LogP contribution in [0.25, 0.3) is 11.4 Å². The topological polar surface area (TPSA) is 55.6 Å². The van der Waals surface area contributed by atoms with Gasteiger partial charge in [-0.3, -0.25) is 4.98 Å². The number of nitrogens with zero attached hydrogens (tertiary/aromatic N) is 4. The van der Waals surface area contributed by atoms with E-state index in [0.717, 1.165) is 36.8 Å². The van der Waals surface area contributed by atoms with Crippen LogP contribution in [0.5, 0.6) is 0 Å². The van der Waals surface area contributed by atoms with E-state index in [4.69, 9.17) is 11.6 Å². The third-order valence-corrected chi connectivity index (χ3v) is 2.94. The Kier molecular flexibility index (Phi) is 2.34. The molecule has 0 saturated carbocycles. The van der Waals surface area contributed by atoms with Crippen LogP contribution in [0, 0.1) is 0 Å². The van der Waals surface area contributed by atoms with E-state index >= 15 is 0 Å². The maximum absolute atomic E-state index is 6.10. The van der Waals surface area contributed by atoms with Crippen molar-refractivity contribution in [3.05, 3.63) is 29.3 Å². The zero-order chi connectivity index (χ0) is 11.0. The van der Waals surface area contributed by atoms with Gasteiger partial charge in [0.1, 0.15) is 5.82 Å². The van der Waals surface area contributed by atoms with Crippen LogP contribution in [-0.4, -0.2) is 26.3 Å². The van der Waals surface area contributed by atoms with Gasteiger partial charge >= 0.3 is 0 Å². The lowest BCUT2D eigenvalue weighted by atomic mass is 10.2. The van der Waals surface area contributed by atoms with Gasteiger partial charge in [-0.05, 0) is 6.07 Å². The third kappa shape index (κ3) is 1.48. The molecule has 0 spiro atoms. The van der Waals surface area contributed by atoms with Crippen molar-refractivity contribution in [3.8, 4) is 11.4 Å². The highest BCUT2D eigenvalue weighted by atomic mass is 35.5. The van der Waals surface area contributed by atoms with Gasteiger partial charge in [0.25, 0.3) is 0 Å². The fourth-order valence-electron chi connectivity index (χ4n) is 1.85. The van der Waals surface area contributed by atoms with E-state index < -0.39 is 0 Å². The van der Waals surface area contributed by atoms with E-state index in [1.165, 1.54) is 0 Å². The number of aromatic nitrogens is 4. The van der Waals surface area contributed by atoms with Gasteiger partial charge < -0.3 is 9.88 Å². The molecule has 82 valence electrons. The molecule has 2 aromatic heterocycles. The molecule has 0 bridgehead atoms. The molecule has 0 unspecified atom stereocenters. The largest absolute Gasteiger partial charge is 0.309 e. The van der Waals surface area contributed by atoms with Crippen LogP contribution in [0.2, 0.25) is 5.02 Å². The summed E-state index contributed by atoms with van der Waals surface area (Å²) in [4.78, 5) is 3.97. The molecule has 0 saturated heterocycles. The minimum atomic E-state index is 0.608. The lowest BCUT2D eigenvalue weighted by Crippen LogP contribution is -2.28. The van der Waals surface area contributed by atoms with Crippen LogP contribution in [0.3, 0.4) is 0 Å². The lowest BCUT2D eigenvalue weighted by Gasteiger charge is -2.16. The molecule has 0 aliphatic carbocycles. The Morgan fingerprint density at radius 1 is 1.38 bits per heavy atom. The predicted octanol–water partition coefficient (Wildman–Crippen LogP) is 1.10. The van der Waals surface area contributed by atoms with Crippen LogP contribution in [-0.2, 0) is 13.1 Å². The van der Waals surface area contributed by atoms with Crippen molar-refractivity contribution < 1.29 is 0 Å². The lowest BCUT2D eigenvalue weighted by molar-refractivity contribution is 0.508. The first-order chi connectivity index (χ1) is 7.86. The fourth-order valence-corrected chi connectivity index (χ4v) is 2.05. The average Bonchev–Trinajstić information content (AvgIpc) is 2.74. The molecule has 0 amide bonds. The SMILES string of the molecule is Clc1cnccc1-c1nnc2n1CCNC2. The van der Waals surface area contributed by atoms with Crippen molar-refractivity contribution in [2.45, 2.75) is 13.1 Å². The molecule has 1 aliphatic heterocycles. The van der Waals surface area contributed by atoms with Crippen LogP contribution in [0.4, 0.5) is 0 Å². The number of hydrogen-bond donors (Lipinski definition) is 1. The van der Waals surface area contributed by atoms with Crippen molar-refractivity contribution >= 4 is 11.6 Å². The van der Waals surface area contributed by atoms with Crippen molar-refractivity contribution in [1.82, 2.24) is 25.1 Å². The number of pyridine rings is 1. The summed E-state index contributed by atoms with van der Waals surface area (Å²) >= 11 is 6.10. The number of nitrogens with one attached hydrogen (secondary N) is 1. The van der Waals surface area contributed by atoms with Gasteiger partial charge in [0.2, 0.25) is 0 Å². The van der Waals surface area contributed by atoms with Crippen molar-refractivity contribution in [2.75, 3.05) is 6.54 Å². The summed E-state index contributed by atoms with van der Waals surface area (Å²) in [6, 6.07) is 1.86. The first-order valence-electron chi connectivity index (χ1n) is 5.09. The minimum absolute atomic E-state index is 0.608. The van der Waals surface area contributed by atoms with Crippen LogP contribution in [0.1, 0.15) is 5.82 Å². The van der Waals surface area contributed by atoms with Gasteiger partial charge in [0.15, 0.2) is 5.82 Å². The zero-order valence-electron chi connectivity index (χ0n) is 8.52. The molecule has 6 heteroatoms. The Balaban J connectivity index is 2.13. The highest BCUT2D eigenvalue weighted by Gasteiger charge is 2.17. The summed E-state index contributed by atoms with van der Waals surface area (Å²) < 4.78 is 2.09. The Morgan fingerprint density at radius 2 is 2.31 bits per heavy atom. The molecule has 5 nitrogen and oxygen atoms in total. The second kappa shape index (κ2) is 3.84. The number of rotatable bonds is 1. The highest BCUT2D eigenvalue weighted by molar-refractivity contribution is 6.33. The molecular formula is C10H10ClN5. The molecule has 3 rings (SSSR count). The Morgan fingerprint density at radius 3 is 3.19 bits per heavy atom. The second-order valence-corrected chi connectivity index (χ2v) is 4.03. The third-order valence-electron chi connectivity index (χ3n) is 2.64. The van der Waals surface area contributed by atoms with Crippen LogP contribution < -0.4 is 5.32 Å². The van der Waals surface area contributed by atoms with E-state index in [9.17, 15) is 0 Å². The average molecular weight is 236 g/mol. The second-order valence-electron chi connectivity index (χ2n) is 3.62. The van der Waals surface area contributed by atoms with Gasteiger partial charge in [-0.25, -0.2) is 0 Å². The van der Waals surface area contributed by atoms with Crippen LogP contribution >= 0.6 is 11.6 Å². The van der Waals surface area contributed by atoms with Crippen molar-refractivity contribution in [3.63, 3.8) is 0 Å². The normalized spacial score (nSPS) is 14.8. The summed E-state index contributed by atoms with van der Waals surface area (Å²) in [6.45, 7) is 2.56. The molecule has 1 N–H and O–H groups in total. The molecular weight excluding hydrogens is 226 g/mol. The fraction of sp³-hybridized carbons (Fsp3) is 0.300. The molecule has 0 atom stereocenters. The number of halogens is 1. The van der Waals surface area contributed by atoms with Gasteiger partial charge in [-0.2, -0.15) is 0 Å². The molecule has 0 aromatic carbocycles. The molecule has 16 heavy (non-hydrogen) atoms. The number of hydrogen-bond acceptors (Lipinski definition) is 4. The zero-order valence-corrected chi connectivity index (χ0v) is 9.28. The Bertz CT molecular complexity index is 522. The first-order valence-corrected chi connectivity index (χ1v) is 5.47. The molecule has 1 aliphatic rings. The molecule has 0 radical (unpaired) electrons. The van der Waals surface area contributed by atoms with E-state index in [1.54, 1.807) is 12.4 Å². The highest BCUT2D eigenvalue weighted by Crippen LogP contribution is 2.26. The van der Waals surface area contributed by atoms with E-state index in [1.807, 2.05) is 6.07 Å². The Labute approximate surface area is 97.5 Å². The van der Waals surface area contributed by atoms with E-state index in [2.05, 4.69) is 25.1 Å². The monoisotopic (exact) mass is 235 g/mol. The summed E-state index contributed by atoms with van der Waals surface area (Å²) in [5.41, 5.74) is 0.886. The molecule has 2 aromatic rings. The maximum Gasteiger partial charge on any atom is 0.165 e. The van der Waals surface area contributed by atoms with Gasteiger partial charge in [0.05, 0.1) is 11.6 Å². The van der Waals surface area contributed by atoms with E-state index in [-0.39, 0.29) is 0 Å².